The largest absolute Gasteiger partial charge is 0.385 e. The average Bonchev–Trinajstić information content (AvgIpc) is 2.60. The summed E-state index contributed by atoms with van der Waals surface area (Å²) in [4.78, 5) is 0. The van der Waals surface area contributed by atoms with Crippen LogP contribution in [-0.4, -0.2) is 28.7 Å². The summed E-state index contributed by atoms with van der Waals surface area (Å²) in [6, 6.07) is 3.06. The van der Waals surface area contributed by atoms with Crippen molar-refractivity contribution in [2.45, 2.75) is 10.6 Å². The fraction of sp³-hybridized carbons (Fsp3) is 0.500. The zero-order valence-electron chi connectivity index (χ0n) is 8.20. The van der Waals surface area contributed by atoms with Crippen molar-refractivity contribution in [1.29, 1.82) is 0 Å². The Morgan fingerprint density at radius 3 is 2.80 bits per heavy atom. The number of ether oxygens (including phenoxy) is 1. The first kappa shape index (κ1) is 12.9. The molecule has 7 heteroatoms. The van der Waals surface area contributed by atoms with Gasteiger partial charge >= 0.3 is 0 Å². The zero-order chi connectivity index (χ0) is 11.3. The normalized spacial score (nSPS) is 11.9. The molecule has 0 bridgehead atoms. The number of methoxy groups -OCH3 is 1. The van der Waals surface area contributed by atoms with E-state index in [2.05, 4.69) is 4.72 Å². The smallest absolute Gasteiger partial charge is 0.250 e. The van der Waals surface area contributed by atoms with Crippen molar-refractivity contribution in [3.05, 3.63) is 16.5 Å². The fourth-order valence-corrected chi connectivity index (χ4v) is 3.54. The van der Waals surface area contributed by atoms with Gasteiger partial charge in [-0.3, -0.25) is 0 Å². The maximum Gasteiger partial charge on any atom is 0.250 e. The quantitative estimate of drug-likeness (QED) is 0.800. The van der Waals surface area contributed by atoms with Crippen LogP contribution in [0.4, 0.5) is 0 Å². The lowest BCUT2D eigenvalue weighted by atomic mass is 10.5. The molecule has 1 heterocycles. The van der Waals surface area contributed by atoms with Gasteiger partial charge < -0.3 is 4.74 Å². The molecule has 86 valence electrons. The van der Waals surface area contributed by atoms with Crippen LogP contribution < -0.4 is 4.72 Å². The Morgan fingerprint density at radius 1 is 1.53 bits per heavy atom. The number of hydrogen-bond donors (Lipinski definition) is 1. The first-order chi connectivity index (χ1) is 7.06. The summed E-state index contributed by atoms with van der Waals surface area (Å²) in [7, 11) is -1.81. The van der Waals surface area contributed by atoms with Gasteiger partial charge in [-0.2, -0.15) is 0 Å². The molecule has 0 amide bonds. The Hall–Kier alpha value is -0.140. The van der Waals surface area contributed by atoms with E-state index in [0.717, 1.165) is 11.3 Å². The molecule has 0 fully saturated rings. The minimum absolute atomic E-state index is 0.241. The van der Waals surface area contributed by atoms with Crippen LogP contribution in [0.15, 0.2) is 16.3 Å². The molecule has 0 saturated heterocycles. The molecule has 0 aliphatic carbocycles. The van der Waals surface area contributed by atoms with Crippen LogP contribution in [0.25, 0.3) is 0 Å². The predicted octanol–water partition coefficient (Wildman–Crippen LogP) is 1.72. The van der Waals surface area contributed by atoms with Crippen molar-refractivity contribution in [2.75, 3.05) is 20.3 Å². The molecule has 1 aromatic heterocycles. The Morgan fingerprint density at radius 2 is 2.27 bits per heavy atom. The van der Waals surface area contributed by atoms with E-state index in [1.54, 1.807) is 13.2 Å². The Balaban J connectivity index is 2.53. The number of thiophene rings is 1. The van der Waals surface area contributed by atoms with E-state index in [0.29, 0.717) is 23.9 Å². The summed E-state index contributed by atoms with van der Waals surface area (Å²) in [6.45, 7) is 0.902. The highest BCUT2D eigenvalue weighted by molar-refractivity contribution is 7.91. The third kappa shape index (κ3) is 4.08. The van der Waals surface area contributed by atoms with Crippen molar-refractivity contribution in [2.24, 2.45) is 0 Å². The van der Waals surface area contributed by atoms with Gasteiger partial charge in [0.15, 0.2) is 0 Å². The van der Waals surface area contributed by atoms with Crippen molar-refractivity contribution in [3.8, 4) is 0 Å². The highest BCUT2D eigenvalue weighted by Gasteiger charge is 2.15. The minimum Gasteiger partial charge on any atom is -0.385 e. The lowest BCUT2D eigenvalue weighted by Gasteiger charge is -2.03. The molecule has 0 aliphatic heterocycles. The van der Waals surface area contributed by atoms with Gasteiger partial charge in [-0.1, -0.05) is 11.6 Å². The molecule has 4 nitrogen and oxygen atoms in total. The molecular weight excluding hydrogens is 258 g/mol. The molecule has 0 spiro atoms. The van der Waals surface area contributed by atoms with E-state index >= 15 is 0 Å². The number of hydrogen-bond acceptors (Lipinski definition) is 4. The number of rotatable bonds is 6. The first-order valence-corrected chi connectivity index (χ1v) is 6.98. The van der Waals surface area contributed by atoms with E-state index < -0.39 is 10.0 Å². The van der Waals surface area contributed by atoms with Gasteiger partial charge in [0.05, 0.1) is 4.34 Å². The van der Waals surface area contributed by atoms with Gasteiger partial charge in [-0.15, -0.1) is 11.3 Å². The predicted molar refractivity (Wildman–Crippen MR) is 61.0 cm³/mol. The van der Waals surface area contributed by atoms with E-state index in [1.165, 1.54) is 6.07 Å². The molecular formula is C8H12ClNO3S2. The molecule has 0 aliphatic rings. The Bertz CT molecular complexity index is 402. The maximum absolute atomic E-state index is 11.6. The molecule has 0 radical (unpaired) electrons. The summed E-state index contributed by atoms with van der Waals surface area (Å²) in [5.41, 5.74) is 0. The van der Waals surface area contributed by atoms with Crippen LogP contribution in [0.3, 0.4) is 0 Å². The summed E-state index contributed by atoms with van der Waals surface area (Å²) < 4.78 is 31.2. The molecule has 0 atom stereocenters. The summed E-state index contributed by atoms with van der Waals surface area (Å²) in [5, 5.41) is 0. The van der Waals surface area contributed by atoms with Crippen LogP contribution in [0.1, 0.15) is 6.42 Å². The third-order valence-corrected chi connectivity index (χ3v) is 4.81. The second-order valence-corrected chi connectivity index (χ2v) is 6.51. The van der Waals surface area contributed by atoms with Crippen molar-refractivity contribution >= 4 is 33.0 Å². The van der Waals surface area contributed by atoms with Gasteiger partial charge in [0.25, 0.3) is 0 Å². The van der Waals surface area contributed by atoms with Crippen molar-refractivity contribution in [3.63, 3.8) is 0 Å². The second-order valence-electron chi connectivity index (χ2n) is 2.80. The number of halogens is 1. The molecule has 15 heavy (non-hydrogen) atoms. The van der Waals surface area contributed by atoms with Gasteiger partial charge in [-0.05, 0) is 18.6 Å². The lowest BCUT2D eigenvalue weighted by molar-refractivity contribution is 0.196. The maximum atomic E-state index is 11.6. The highest BCUT2D eigenvalue weighted by atomic mass is 35.5. The van der Waals surface area contributed by atoms with Gasteiger partial charge in [0, 0.05) is 20.3 Å². The number of nitrogens with one attached hydrogen (secondary N) is 1. The van der Waals surface area contributed by atoms with Crippen LogP contribution in [-0.2, 0) is 14.8 Å². The van der Waals surface area contributed by atoms with Gasteiger partial charge in [-0.25, -0.2) is 13.1 Å². The van der Waals surface area contributed by atoms with E-state index in [9.17, 15) is 8.42 Å². The molecule has 0 unspecified atom stereocenters. The van der Waals surface area contributed by atoms with Crippen LogP contribution in [0.2, 0.25) is 4.34 Å². The van der Waals surface area contributed by atoms with E-state index in [1.807, 2.05) is 0 Å². The summed E-state index contributed by atoms with van der Waals surface area (Å²) in [5.74, 6) is 0. The summed E-state index contributed by atoms with van der Waals surface area (Å²) >= 11 is 6.70. The Kier molecular flexibility index (Phi) is 5.01. The fourth-order valence-electron chi connectivity index (χ4n) is 0.936. The summed E-state index contributed by atoms with van der Waals surface area (Å²) in [6.07, 6.45) is 0.648. The Labute approximate surface area is 98.3 Å². The van der Waals surface area contributed by atoms with Crippen LogP contribution >= 0.6 is 22.9 Å². The molecule has 0 saturated carbocycles. The average molecular weight is 270 g/mol. The topological polar surface area (TPSA) is 55.4 Å². The van der Waals surface area contributed by atoms with E-state index in [4.69, 9.17) is 16.3 Å². The van der Waals surface area contributed by atoms with Crippen molar-refractivity contribution in [1.82, 2.24) is 4.72 Å². The highest BCUT2D eigenvalue weighted by Crippen LogP contribution is 2.25. The van der Waals surface area contributed by atoms with Crippen LogP contribution in [0, 0.1) is 0 Å². The van der Waals surface area contributed by atoms with Gasteiger partial charge in [0.2, 0.25) is 10.0 Å². The molecule has 1 N–H and O–H groups in total. The van der Waals surface area contributed by atoms with Crippen molar-refractivity contribution < 1.29 is 13.2 Å². The standard InChI is InChI=1S/C8H12ClNO3S2/c1-13-6-2-5-10-15(11,12)8-4-3-7(9)14-8/h3-4,10H,2,5-6H2,1H3. The molecule has 1 aromatic rings. The molecule has 1 rings (SSSR count). The SMILES string of the molecule is COCCCNS(=O)(=O)c1ccc(Cl)s1. The first-order valence-electron chi connectivity index (χ1n) is 4.30. The zero-order valence-corrected chi connectivity index (χ0v) is 10.6. The third-order valence-electron chi connectivity index (χ3n) is 1.63. The second kappa shape index (κ2) is 5.81. The monoisotopic (exact) mass is 269 g/mol. The minimum atomic E-state index is -3.39. The van der Waals surface area contributed by atoms with Gasteiger partial charge in [0.1, 0.15) is 4.21 Å². The molecule has 0 aromatic carbocycles. The van der Waals surface area contributed by atoms with E-state index in [-0.39, 0.29) is 4.21 Å². The lowest BCUT2D eigenvalue weighted by Crippen LogP contribution is -2.24. The number of sulfonamides is 1. The van der Waals surface area contributed by atoms with Crippen LogP contribution in [0.5, 0.6) is 0 Å².